The first-order valence-corrected chi connectivity index (χ1v) is 9.79. The van der Waals surface area contributed by atoms with E-state index in [0.717, 1.165) is 15.7 Å². The van der Waals surface area contributed by atoms with E-state index >= 15 is 0 Å². The van der Waals surface area contributed by atoms with Gasteiger partial charge in [0.1, 0.15) is 0 Å². The van der Waals surface area contributed by atoms with Crippen molar-refractivity contribution in [2.24, 2.45) is 0 Å². The summed E-state index contributed by atoms with van der Waals surface area (Å²) in [5, 5.41) is 6.51. The second-order valence-corrected chi connectivity index (χ2v) is 7.93. The summed E-state index contributed by atoms with van der Waals surface area (Å²) in [4.78, 5) is 26.1. The van der Waals surface area contributed by atoms with Gasteiger partial charge < -0.3 is 10.6 Å². The molecule has 0 spiro atoms. The van der Waals surface area contributed by atoms with Crippen molar-refractivity contribution in [1.82, 2.24) is 4.90 Å². The van der Waals surface area contributed by atoms with Gasteiger partial charge >= 0.3 is 0 Å². The molecule has 2 rings (SSSR count). The summed E-state index contributed by atoms with van der Waals surface area (Å²) < 4.78 is 0.959. The molecule has 0 fully saturated rings. The Morgan fingerprint density at radius 2 is 1.74 bits per heavy atom. The molecule has 0 saturated carbocycles. The number of carbonyl (C=O) groups excluding carboxylic acids is 2. The van der Waals surface area contributed by atoms with E-state index in [1.807, 2.05) is 25.1 Å². The summed E-state index contributed by atoms with van der Waals surface area (Å²) in [5.41, 5.74) is 2.21. The lowest BCUT2D eigenvalue weighted by atomic mass is 10.2. The van der Waals surface area contributed by atoms with Gasteiger partial charge in [-0.2, -0.15) is 0 Å². The Kier molecular flexibility index (Phi) is 8.10. The van der Waals surface area contributed by atoms with Gasteiger partial charge in [0.15, 0.2) is 0 Å². The quantitative estimate of drug-likeness (QED) is 0.598. The van der Waals surface area contributed by atoms with Crippen molar-refractivity contribution in [2.45, 2.75) is 13.3 Å². The predicted octanol–water partition coefficient (Wildman–Crippen LogP) is 4.96. The van der Waals surface area contributed by atoms with Crippen LogP contribution in [0.3, 0.4) is 0 Å². The Labute approximate surface area is 177 Å². The second kappa shape index (κ2) is 10.1. The van der Waals surface area contributed by atoms with Crippen LogP contribution in [-0.4, -0.2) is 36.9 Å². The number of nitrogens with zero attached hydrogens (tertiary/aromatic N) is 1. The van der Waals surface area contributed by atoms with E-state index in [-0.39, 0.29) is 24.8 Å². The molecule has 2 N–H and O–H groups in total. The van der Waals surface area contributed by atoms with E-state index in [1.165, 1.54) is 0 Å². The average molecular weight is 473 g/mol. The van der Waals surface area contributed by atoms with Crippen molar-refractivity contribution >= 4 is 62.3 Å². The van der Waals surface area contributed by atoms with Gasteiger partial charge in [0.2, 0.25) is 11.8 Å². The first-order chi connectivity index (χ1) is 12.7. The van der Waals surface area contributed by atoms with Crippen molar-refractivity contribution in [1.29, 1.82) is 0 Å². The summed E-state index contributed by atoms with van der Waals surface area (Å²) in [7, 11) is 1.79. The van der Waals surface area contributed by atoms with Crippen molar-refractivity contribution in [3.05, 3.63) is 56.5 Å². The van der Waals surface area contributed by atoms with Gasteiger partial charge in [0.05, 0.1) is 17.3 Å². The zero-order chi connectivity index (χ0) is 20.0. The van der Waals surface area contributed by atoms with Gasteiger partial charge in [-0.3, -0.25) is 14.5 Å². The molecule has 5 nitrogen and oxygen atoms in total. The molecule has 0 bridgehead atoms. The molecular weight excluding hydrogens is 453 g/mol. The molecule has 0 heterocycles. The molecule has 2 aromatic carbocycles. The Balaban J connectivity index is 1.79. The molecule has 0 radical (unpaired) electrons. The van der Waals surface area contributed by atoms with Gasteiger partial charge in [0, 0.05) is 28.1 Å². The Morgan fingerprint density at radius 3 is 2.44 bits per heavy atom. The third-order valence-electron chi connectivity index (χ3n) is 3.80. The first-order valence-electron chi connectivity index (χ1n) is 8.24. The van der Waals surface area contributed by atoms with Crippen molar-refractivity contribution < 1.29 is 9.59 Å². The molecule has 0 atom stereocenters. The average Bonchev–Trinajstić information content (AvgIpc) is 2.59. The fourth-order valence-corrected chi connectivity index (χ4v) is 3.19. The molecule has 0 unspecified atom stereocenters. The van der Waals surface area contributed by atoms with Crippen LogP contribution in [0.1, 0.15) is 12.0 Å². The Hall–Kier alpha value is -1.60. The molecule has 2 aromatic rings. The van der Waals surface area contributed by atoms with Crippen LogP contribution in [0.4, 0.5) is 11.4 Å². The number of amides is 2. The van der Waals surface area contributed by atoms with Crippen LogP contribution in [0.5, 0.6) is 0 Å². The molecule has 0 aliphatic rings. The largest absolute Gasteiger partial charge is 0.325 e. The monoisotopic (exact) mass is 471 g/mol. The summed E-state index contributed by atoms with van der Waals surface area (Å²) in [6.07, 6.45) is 0.226. The molecule has 8 heteroatoms. The molecule has 2 amide bonds. The van der Waals surface area contributed by atoms with Crippen LogP contribution in [0, 0.1) is 6.92 Å². The van der Waals surface area contributed by atoms with Crippen LogP contribution >= 0.6 is 39.1 Å². The molecule has 27 heavy (non-hydrogen) atoms. The van der Waals surface area contributed by atoms with Gasteiger partial charge in [-0.1, -0.05) is 39.1 Å². The van der Waals surface area contributed by atoms with Gasteiger partial charge in [-0.15, -0.1) is 0 Å². The highest BCUT2D eigenvalue weighted by atomic mass is 79.9. The van der Waals surface area contributed by atoms with Gasteiger partial charge in [0.25, 0.3) is 0 Å². The van der Waals surface area contributed by atoms with Crippen molar-refractivity contribution in [3.63, 3.8) is 0 Å². The topological polar surface area (TPSA) is 61.4 Å². The van der Waals surface area contributed by atoms with E-state index < -0.39 is 0 Å². The number of nitrogens with one attached hydrogen (secondary N) is 2. The number of halogens is 3. The minimum atomic E-state index is -0.199. The SMILES string of the molecule is Cc1cc(Br)ccc1NC(=O)CN(C)CCC(=O)Nc1cc(Cl)ccc1Cl. The van der Waals surface area contributed by atoms with Crippen molar-refractivity contribution in [2.75, 3.05) is 30.8 Å². The third-order valence-corrected chi connectivity index (χ3v) is 4.86. The highest BCUT2D eigenvalue weighted by Gasteiger charge is 2.11. The lowest BCUT2D eigenvalue weighted by molar-refractivity contribution is -0.119. The van der Waals surface area contributed by atoms with Crippen LogP contribution in [0.25, 0.3) is 0 Å². The number of anilines is 2. The molecular formula is C19H20BrCl2N3O2. The maximum Gasteiger partial charge on any atom is 0.238 e. The molecule has 0 aromatic heterocycles. The lowest BCUT2D eigenvalue weighted by Crippen LogP contribution is -2.32. The summed E-state index contributed by atoms with van der Waals surface area (Å²) in [5.74, 6) is -0.337. The molecule has 0 aliphatic carbocycles. The van der Waals surface area contributed by atoms with E-state index in [0.29, 0.717) is 22.3 Å². The fraction of sp³-hybridized carbons (Fsp3) is 0.263. The number of likely N-dealkylation sites (N-methyl/N-ethyl adjacent to an activating group) is 1. The van der Waals surface area contributed by atoms with Crippen LogP contribution < -0.4 is 10.6 Å². The zero-order valence-corrected chi connectivity index (χ0v) is 18.1. The molecule has 0 saturated heterocycles. The first kappa shape index (κ1) is 21.7. The van der Waals surface area contributed by atoms with Gasteiger partial charge in [-0.05, 0) is 55.9 Å². The molecule has 0 aliphatic heterocycles. The normalized spacial score (nSPS) is 10.7. The smallest absolute Gasteiger partial charge is 0.238 e. The minimum absolute atomic E-state index is 0.138. The Bertz CT molecular complexity index is 846. The van der Waals surface area contributed by atoms with Gasteiger partial charge in [-0.25, -0.2) is 0 Å². The summed E-state index contributed by atoms with van der Waals surface area (Å²) >= 11 is 15.3. The fourth-order valence-electron chi connectivity index (χ4n) is 2.38. The van der Waals surface area contributed by atoms with Crippen LogP contribution in [0.15, 0.2) is 40.9 Å². The Morgan fingerprint density at radius 1 is 1.04 bits per heavy atom. The summed E-state index contributed by atoms with van der Waals surface area (Å²) in [6, 6.07) is 10.5. The minimum Gasteiger partial charge on any atom is -0.325 e. The predicted molar refractivity (Wildman–Crippen MR) is 115 cm³/mol. The standard InChI is InChI=1S/C19H20BrCl2N3O2/c1-12-9-13(20)3-6-16(12)23-19(27)11-25(2)8-7-18(26)24-17-10-14(21)4-5-15(17)22/h3-6,9-10H,7-8,11H2,1-2H3,(H,23,27)(H,24,26). The second-order valence-electron chi connectivity index (χ2n) is 6.17. The number of rotatable bonds is 7. The number of hydrogen-bond donors (Lipinski definition) is 2. The zero-order valence-electron chi connectivity index (χ0n) is 15.0. The van der Waals surface area contributed by atoms with E-state index in [9.17, 15) is 9.59 Å². The number of carbonyl (C=O) groups is 2. The number of hydrogen-bond acceptors (Lipinski definition) is 3. The molecule has 144 valence electrons. The highest BCUT2D eigenvalue weighted by molar-refractivity contribution is 9.10. The third kappa shape index (κ3) is 7.14. The van der Waals surface area contributed by atoms with E-state index in [1.54, 1.807) is 30.1 Å². The number of benzene rings is 2. The van der Waals surface area contributed by atoms with Crippen LogP contribution in [0.2, 0.25) is 10.0 Å². The maximum atomic E-state index is 12.2. The van der Waals surface area contributed by atoms with Crippen molar-refractivity contribution in [3.8, 4) is 0 Å². The van der Waals surface area contributed by atoms with Crippen LogP contribution in [-0.2, 0) is 9.59 Å². The number of aryl methyl sites for hydroxylation is 1. The lowest BCUT2D eigenvalue weighted by Gasteiger charge is -2.17. The summed E-state index contributed by atoms with van der Waals surface area (Å²) in [6.45, 7) is 2.53. The van der Waals surface area contributed by atoms with E-state index in [4.69, 9.17) is 23.2 Å². The van der Waals surface area contributed by atoms with E-state index in [2.05, 4.69) is 26.6 Å². The highest BCUT2D eigenvalue weighted by Crippen LogP contribution is 2.25. The maximum absolute atomic E-state index is 12.2.